The lowest BCUT2D eigenvalue weighted by atomic mass is 9.95. The fourth-order valence-corrected chi connectivity index (χ4v) is 2.62. The summed E-state index contributed by atoms with van der Waals surface area (Å²) in [5, 5.41) is 0. The maximum Gasteiger partial charge on any atom is 0.175 e. The number of sulfone groups is 1. The minimum Gasteiger partial charge on any atom is -0.330 e. The molecule has 18 heavy (non-hydrogen) atoms. The Kier molecular flexibility index (Phi) is 5.31. The van der Waals surface area contributed by atoms with Gasteiger partial charge in [0.25, 0.3) is 0 Å². The summed E-state index contributed by atoms with van der Waals surface area (Å²) in [5.74, 6) is 0.346. The molecule has 2 N–H and O–H groups in total. The molecule has 1 aromatic carbocycles. The molecule has 1 atom stereocenters. The first kappa shape index (κ1) is 15.1. The van der Waals surface area contributed by atoms with Gasteiger partial charge in [-0.15, -0.1) is 0 Å². The van der Waals surface area contributed by atoms with Crippen LogP contribution in [0.4, 0.5) is 0 Å². The molecule has 4 nitrogen and oxygen atoms in total. The predicted octanol–water partition coefficient (Wildman–Crippen LogP) is 1.08. The first-order chi connectivity index (χ1) is 8.34. The van der Waals surface area contributed by atoms with Crippen molar-refractivity contribution in [1.82, 2.24) is 4.90 Å². The third-order valence-corrected chi connectivity index (χ3v) is 4.01. The molecule has 0 saturated heterocycles. The normalized spacial score (nSPS) is 13.8. The van der Waals surface area contributed by atoms with E-state index in [9.17, 15) is 8.42 Å². The van der Waals surface area contributed by atoms with Crippen molar-refractivity contribution in [2.45, 2.75) is 17.2 Å². The number of rotatable bonds is 6. The SMILES string of the molecule is CN(C)CC(CCN)c1ccc(S(C)(=O)=O)cc1. The summed E-state index contributed by atoms with van der Waals surface area (Å²) in [6, 6.07) is 7.12. The zero-order valence-electron chi connectivity index (χ0n) is 11.3. The molecule has 1 aromatic rings. The van der Waals surface area contributed by atoms with Gasteiger partial charge in [-0.3, -0.25) is 0 Å². The molecule has 5 heteroatoms. The summed E-state index contributed by atoms with van der Waals surface area (Å²) in [6.45, 7) is 1.54. The minimum atomic E-state index is -3.12. The van der Waals surface area contributed by atoms with Gasteiger partial charge in [0.1, 0.15) is 0 Å². The van der Waals surface area contributed by atoms with Crippen molar-refractivity contribution in [1.29, 1.82) is 0 Å². The standard InChI is InChI=1S/C13H22N2O2S/c1-15(2)10-12(8-9-14)11-4-6-13(7-5-11)18(3,16)17/h4-7,12H,8-10,14H2,1-3H3. The molecule has 0 aliphatic rings. The molecule has 1 unspecified atom stereocenters. The van der Waals surface area contributed by atoms with E-state index in [4.69, 9.17) is 5.73 Å². The van der Waals surface area contributed by atoms with Crippen LogP contribution in [0, 0.1) is 0 Å². The summed E-state index contributed by atoms with van der Waals surface area (Å²) in [6.07, 6.45) is 2.12. The minimum absolute atomic E-state index is 0.346. The Hall–Kier alpha value is -0.910. The van der Waals surface area contributed by atoms with E-state index in [-0.39, 0.29) is 0 Å². The Morgan fingerprint density at radius 3 is 2.17 bits per heavy atom. The zero-order valence-corrected chi connectivity index (χ0v) is 12.1. The quantitative estimate of drug-likeness (QED) is 0.840. The van der Waals surface area contributed by atoms with E-state index >= 15 is 0 Å². The van der Waals surface area contributed by atoms with Crippen LogP contribution in [0.1, 0.15) is 17.9 Å². The highest BCUT2D eigenvalue weighted by molar-refractivity contribution is 7.90. The second-order valence-electron chi connectivity index (χ2n) is 4.88. The van der Waals surface area contributed by atoms with Gasteiger partial charge in [0.05, 0.1) is 4.90 Å². The Morgan fingerprint density at radius 2 is 1.78 bits per heavy atom. The molecule has 0 amide bonds. The average Bonchev–Trinajstić information content (AvgIpc) is 2.27. The summed E-state index contributed by atoms with van der Waals surface area (Å²) >= 11 is 0. The van der Waals surface area contributed by atoms with Crippen molar-refractivity contribution >= 4 is 9.84 Å². The van der Waals surface area contributed by atoms with E-state index in [1.165, 1.54) is 6.26 Å². The summed E-state index contributed by atoms with van der Waals surface area (Å²) < 4.78 is 22.8. The lowest BCUT2D eigenvalue weighted by Gasteiger charge is -2.21. The third kappa shape index (κ3) is 4.40. The van der Waals surface area contributed by atoms with Gasteiger partial charge in [-0.25, -0.2) is 8.42 Å². The Labute approximate surface area is 110 Å². The molecule has 0 bridgehead atoms. The fourth-order valence-electron chi connectivity index (χ4n) is 1.99. The summed E-state index contributed by atoms with van der Waals surface area (Å²) in [5.41, 5.74) is 6.77. The Morgan fingerprint density at radius 1 is 1.22 bits per heavy atom. The highest BCUT2D eigenvalue weighted by Gasteiger charge is 2.13. The predicted molar refractivity (Wildman–Crippen MR) is 74.5 cm³/mol. The van der Waals surface area contributed by atoms with Crippen LogP contribution < -0.4 is 5.73 Å². The molecule has 0 spiro atoms. The smallest absolute Gasteiger partial charge is 0.175 e. The number of benzene rings is 1. The molecule has 0 fully saturated rings. The van der Waals surface area contributed by atoms with Crippen LogP contribution in [-0.2, 0) is 9.84 Å². The number of hydrogen-bond donors (Lipinski definition) is 1. The largest absolute Gasteiger partial charge is 0.330 e. The van der Waals surface area contributed by atoms with E-state index in [0.717, 1.165) is 18.5 Å². The van der Waals surface area contributed by atoms with E-state index in [0.29, 0.717) is 17.4 Å². The molecule has 102 valence electrons. The van der Waals surface area contributed by atoms with E-state index in [1.807, 2.05) is 26.2 Å². The molecule has 0 aromatic heterocycles. The number of hydrogen-bond acceptors (Lipinski definition) is 4. The molecule has 0 aliphatic heterocycles. The molecular weight excluding hydrogens is 248 g/mol. The Balaban J connectivity index is 2.93. The van der Waals surface area contributed by atoms with Crippen LogP contribution in [0.3, 0.4) is 0 Å². The zero-order chi connectivity index (χ0) is 13.8. The van der Waals surface area contributed by atoms with Crippen molar-refractivity contribution in [3.63, 3.8) is 0 Å². The average molecular weight is 270 g/mol. The highest BCUT2D eigenvalue weighted by Crippen LogP contribution is 2.21. The van der Waals surface area contributed by atoms with E-state index in [1.54, 1.807) is 12.1 Å². The van der Waals surface area contributed by atoms with Gasteiger partial charge in [-0.05, 0) is 50.7 Å². The topological polar surface area (TPSA) is 63.4 Å². The molecule has 0 aliphatic carbocycles. The van der Waals surface area contributed by atoms with E-state index in [2.05, 4.69) is 4.90 Å². The monoisotopic (exact) mass is 270 g/mol. The van der Waals surface area contributed by atoms with Gasteiger partial charge >= 0.3 is 0 Å². The second kappa shape index (κ2) is 6.31. The summed E-state index contributed by atoms with van der Waals surface area (Å²) in [4.78, 5) is 2.48. The number of likely N-dealkylation sites (N-methyl/N-ethyl adjacent to an activating group) is 1. The van der Waals surface area contributed by atoms with Crippen molar-refractivity contribution < 1.29 is 8.42 Å². The van der Waals surface area contributed by atoms with Crippen LogP contribution in [0.2, 0.25) is 0 Å². The lowest BCUT2D eigenvalue weighted by Crippen LogP contribution is -2.22. The van der Waals surface area contributed by atoms with E-state index < -0.39 is 9.84 Å². The van der Waals surface area contributed by atoms with Crippen molar-refractivity contribution in [2.75, 3.05) is 33.4 Å². The Bertz CT molecular complexity index is 466. The second-order valence-corrected chi connectivity index (χ2v) is 6.89. The van der Waals surface area contributed by atoms with Crippen molar-refractivity contribution in [3.05, 3.63) is 29.8 Å². The first-order valence-electron chi connectivity index (χ1n) is 5.99. The van der Waals surface area contributed by atoms with Gasteiger partial charge in [0.15, 0.2) is 9.84 Å². The van der Waals surface area contributed by atoms with Crippen molar-refractivity contribution in [3.8, 4) is 0 Å². The molecular formula is C13H22N2O2S. The van der Waals surface area contributed by atoms with Crippen LogP contribution >= 0.6 is 0 Å². The summed E-state index contributed by atoms with van der Waals surface area (Å²) in [7, 11) is 0.929. The third-order valence-electron chi connectivity index (χ3n) is 2.88. The molecule has 0 radical (unpaired) electrons. The van der Waals surface area contributed by atoms with Crippen LogP contribution in [-0.4, -0.2) is 46.8 Å². The first-order valence-corrected chi connectivity index (χ1v) is 7.88. The van der Waals surface area contributed by atoms with Gasteiger partial charge in [0.2, 0.25) is 0 Å². The van der Waals surface area contributed by atoms with Gasteiger partial charge < -0.3 is 10.6 Å². The maximum atomic E-state index is 11.4. The lowest BCUT2D eigenvalue weighted by molar-refractivity contribution is 0.365. The highest BCUT2D eigenvalue weighted by atomic mass is 32.2. The van der Waals surface area contributed by atoms with Crippen molar-refractivity contribution in [2.24, 2.45) is 5.73 Å². The van der Waals surface area contributed by atoms with Crippen LogP contribution in [0.5, 0.6) is 0 Å². The van der Waals surface area contributed by atoms with Gasteiger partial charge in [-0.2, -0.15) is 0 Å². The van der Waals surface area contributed by atoms with Gasteiger partial charge in [0, 0.05) is 12.8 Å². The molecule has 0 heterocycles. The maximum absolute atomic E-state index is 11.4. The molecule has 0 saturated carbocycles. The van der Waals surface area contributed by atoms with Crippen LogP contribution in [0.25, 0.3) is 0 Å². The van der Waals surface area contributed by atoms with Crippen LogP contribution in [0.15, 0.2) is 29.2 Å². The van der Waals surface area contributed by atoms with Gasteiger partial charge in [-0.1, -0.05) is 12.1 Å². The fraction of sp³-hybridized carbons (Fsp3) is 0.538. The molecule has 1 rings (SSSR count). The number of nitrogens with zero attached hydrogens (tertiary/aromatic N) is 1. The number of nitrogens with two attached hydrogens (primary N) is 1.